The fourth-order valence-electron chi connectivity index (χ4n) is 3.65. The molecule has 1 amide bonds. The number of rotatable bonds is 6. The Morgan fingerprint density at radius 2 is 2.33 bits per heavy atom. The molecule has 154 valence electrons. The number of amides is 1. The van der Waals surface area contributed by atoms with E-state index in [9.17, 15) is 4.79 Å². The largest absolute Gasteiger partial charge is 0.399 e. The number of imidazole rings is 1. The van der Waals surface area contributed by atoms with Crippen molar-refractivity contribution in [3.05, 3.63) is 59.8 Å². The minimum absolute atomic E-state index is 0.0809. The number of hydrogen-bond donors (Lipinski definition) is 2. The van der Waals surface area contributed by atoms with Crippen LogP contribution in [0, 0.1) is 0 Å². The molecule has 5 heterocycles. The van der Waals surface area contributed by atoms with Gasteiger partial charge in [-0.3, -0.25) is 4.79 Å². The first-order valence-electron chi connectivity index (χ1n) is 9.58. The van der Waals surface area contributed by atoms with Crippen molar-refractivity contribution in [2.75, 3.05) is 32.1 Å². The van der Waals surface area contributed by atoms with E-state index in [1.165, 1.54) is 0 Å². The van der Waals surface area contributed by atoms with Crippen LogP contribution in [0.4, 0.5) is 6.01 Å². The van der Waals surface area contributed by atoms with Crippen molar-refractivity contribution in [2.45, 2.75) is 12.5 Å². The van der Waals surface area contributed by atoms with E-state index in [0.717, 1.165) is 22.6 Å². The number of aromatic amines is 1. The monoisotopic (exact) mass is 408 g/mol. The Kier molecular flexibility index (Phi) is 4.64. The molecule has 0 spiro atoms. The number of methoxy groups -OCH3 is 1. The Labute approximate surface area is 171 Å². The number of hydrogen-bond acceptors (Lipinski definition) is 8. The lowest BCUT2D eigenvalue weighted by atomic mass is 9.99. The summed E-state index contributed by atoms with van der Waals surface area (Å²) in [6.45, 7) is 1.45. The predicted octanol–water partition coefficient (Wildman–Crippen LogP) is 1.29. The van der Waals surface area contributed by atoms with Gasteiger partial charge < -0.3 is 24.4 Å². The van der Waals surface area contributed by atoms with Crippen LogP contribution >= 0.6 is 0 Å². The number of nitrogens with one attached hydrogen (secondary N) is 2. The Hall–Kier alpha value is -3.73. The number of carbonyl (C=O) groups is 1. The van der Waals surface area contributed by atoms with E-state index in [1.54, 1.807) is 22.9 Å². The van der Waals surface area contributed by atoms with E-state index in [-0.39, 0.29) is 17.8 Å². The first kappa shape index (κ1) is 18.3. The zero-order chi connectivity index (χ0) is 20.5. The molecule has 11 heteroatoms. The van der Waals surface area contributed by atoms with Gasteiger partial charge in [0.05, 0.1) is 29.8 Å². The normalized spacial score (nSPS) is 16.0. The van der Waals surface area contributed by atoms with Gasteiger partial charge in [0, 0.05) is 38.5 Å². The first-order chi connectivity index (χ1) is 14.7. The van der Waals surface area contributed by atoms with Gasteiger partial charge in [-0.25, -0.2) is 9.50 Å². The van der Waals surface area contributed by atoms with Crippen LogP contribution in [0.5, 0.6) is 0 Å². The minimum atomic E-state index is -0.454. The molecule has 4 aromatic heterocycles. The molecule has 0 fully saturated rings. The number of nitrogens with zero attached hydrogens (tertiary/aromatic N) is 6. The molecule has 11 nitrogen and oxygen atoms in total. The van der Waals surface area contributed by atoms with Gasteiger partial charge in [0.2, 0.25) is 0 Å². The first-order valence-corrected chi connectivity index (χ1v) is 9.58. The highest BCUT2D eigenvalue weighted by molar-refractivity contribution is 5.90. The highest BCUT2D eigenvalue weighted by Crippen LogP contribution is 2.34. The van der Waals surface area contributed by atoms with Crippen molar-refractivity contribution < 1.29 is 13.9 Å². The molecule has 1 aliphatic rings. The zero-order valence-corrected chi connectivity index (χ0v) is 16.3. The van der Waals surface area contributed by atoms with E-state index >= 15 is 0 Å². The van der Waals surface area contributed by atoms with Gasteiger partial charge in [0.15, 0.2) is 0 Å². The standard InChI is InChI=1S/C19H20N8O3/c1-29-9-6-20-19-24-23-17(30-19)18(28)26-8-5-13-15(22-11-21-13)16(26)14-10-12-4-2-3-7-27(12)25-14/h2-4,7,10-11,16H,5-6,8-9H2,1H3,(H,20,24)(H,21,22). The molecular weight excluding hydrogens is 388 g/mol. The van der Waals surface area contributed by atoms with Crippen molar-refractivity contribution in [3.63, 3.8) is 0 Å². The number of anilines is 1. The van der Waals surface area contributed by atoms with Gasteiger partial charge in [-0.15, -0.1) is 5.10 Å². The van der Waals surface area contributed by atoms with E-state index in [2.05, 4.69) is 30.6 Å². The van der Waals surface area contributed by atoms with Crippen molar-refractivity contribution in [1.82, 2.24) is 34.7 Å². The van der Waals surface area contributed by atoms with Crippen LogP contribution < -0.4 is 5.32 Å². The van der Waals surface area contributed by atoms with E-state index in [1.807, 2.05) is 30.5 Å². The Morgan fingerprint density at radius 1 is 1.40 bits per heavy atom. The maximum Gasteiger partial charge on any atom is 0.315 e. The average molecular weight is 408 g/mol. The molecule has 0 saturated carbocycles. The molecule has 0 saturated heterocycles. The van der Waals surface area contributed by atoms with Crippen molar-refractivity contribution >= 4 is 17.4 Å². The maximum atomic E-state index is 13.3. The average Bonchev–Trinajstić information content (AvgIpc) is 3.51. The summed E-state index contributed by atoms with van der Waals surface area (Å²) >= 11 is 0. The number of ether oxygens (including phenoxy) is 1. The molecule has 0 aromatic carbocycles. The van der Waals surface area contributed by atoms with E-state index < -0.39 is 6.04 Å². The summed E-state index contributed by atoms with van der Waals surface area (Å²) in [5, 5.41) is 15.4. The summed E-state index contributed by atoms with van der Waals surface area (Å²) in [5.41, 5.74) is 3.43. The van der Waals surface area contributed by atoms with Crippen LogP contribution in [0.2, 0.25) is 0 Å². The lowest BCUT2D eigenvalue weighted by Crippen LogP contribution is -2.41. The number of pyridine rings is 1. The van der Waals surface area contributed by atoms with Gasteiger partial charge in [-0.05, 0) is 18.2 Å². The molecule has 1 unspecified atom stereocenters. The summed E-state index contributed by atoms with van der Waals surface area (Å²) in [4.78, 5) is 22.6. The third-order valence-electron chi connectivity index (χ3n) is 5.05. The third-order valence-corrected chi connectivity index (χ3v) is 5.05. The summed E-state index contributed by atoms with van der Waals surface area (Å²) in [5.74, 6) is -0.444. The Balaban J connectivity index is 1.48. The second-order valence-corrected chi connectivity index (χ2v) is 6.89. The zero-order valence-electron chi connectivity index (χ0n) is 16.3. The molecular formula is C19H20N8O3. The summed E-state index contributed by atoms with van der Waals surface area (Å²) < 4.78 is 12.3. The van der Waals surface area contributed by atoms with Crippen molar-refractivity contribution in [1.29, 1.82) is 0 Å². The SMILES string of the molecule is COCCNc1nnc(C(=O)N2CCc3[nH]cnc3C2c2cc3ccccn3n2)o1. The molecule has 1 atom stereocenters. The summed E-state index contributed by atoms with van der Waals surface area (Å²) in [6.07, 6.45) is 4.17. The molecule has 2 N–H and O–H groups in total. The molecule has 1 aliphatic heterocycles. The van der Waals surface area contributed by atoms with Crippen molar-refractivity contribution in [3.8, 4) is 0 Å². The van der Waals surface area contributed by atoms with Crippen LogP contribution in [0.3, 0.4) is 0 Å². The second kappa shape index (κ2) is 7.59. The molecule has 0 radical (unpaired) electrons. The number of carbonyl (C=O) groups excluding carboxylic acids is 1. The lowest BCUT2D eigenvalue weighted by Gasteiger charge is -2.32. The molecule has 0 bridgehead atoms. The quantitative estimate of drug-likeness (QED) is 0.457. The number of H-pyrrole nitrogens is 1. The Morgan fingerprint density at radius 3 is 3.20 bits per heavy atom. The second-order valence-electron chi connectivity index (χ2n) is 6.89. The third kappa shape index (κ3) is 3.18. The fraction of sp³-hybridized carbons (Fsp3) is 0.316. The molecule has 4 aromatic rings. The van der Waals surface area contributed by atoms with Gasteiger partial charge in [0.1, 0.15) is 6.04 Å². The minimum Gasteiger partial charge on any atom is -0.399 e. The maximum absolute atomic E-state index is 13.3. The van der Waals surface area contributed by atoms with Gasteiger partial charge in [-0.1, -0.05) is 11.2 Å². The Bertz CT molecular complexity index is 1150. The molecule has 5 rings (SSSR count). The highest BCUT2D eigenvalue weighted by atomic mass is 16.5. The highest BCUT2D eigenvalue weighted by Gasteiger charge is 2.38. The van der Waals surface area contributed by atoms with Gasteiger partial charge in [0.25, 0.3) is 0 Å². The summed E-state index contributed by atoms with van der Waals surface area (Å²) in [7, 11) is 1.60. The number of fused-ring (bicyclic) bond motifs is 2. The molecule has 0 aliphatic carbocycles. The van der Waals surface area contributed by atoms with Crippen LogP contribution in [0.25, 0.3) is 5.52 Å². The van der Waals surface area contributed by atoms with E-state index in [0.29, 0.717) is 26.1 Å². The van der Waals surface area contributed by atoms with Crippen LogP contribution in [0.15, 0.2) is 41.2 Å². The topological polar surface area (TPSA) is 126 Å². The smallest absolute Gasteiger partial charge is 0.315 e. The van der Waals surface area contributed by atoms with Crippen LogP contribution in [-0.4, -0.2) is 67.4 Å². The number of aromatic nitrogens is 6. The van der Waals surface area contributed by atoms with Crippen LogP contribution in [0.1, 0.15) is 33.8 Å². The van der Waals surface area contributed by atoms with Crippen LogP contribution in [-0.2, 0) is 11.2 Å². The summed E-state index contributed by atoms with van der Waals surface area (Å²) in [6, 6.07) is 7.50. The van der Waals surface area contributed by atoms with Gasteiger partial charge >= 0.3 is 17.8 Å². The lowest BCUT2D eigenvalue weighted by molar-refractivity contribution is 0.0647. The van der Waals surface area contributed by atoms with E-state index in [4.69, 9.17) is 9.15 Å². The molecule has 30 heavy (non-hydrogen) atoms. The van der Waals surface area contributed by atoms with Crippen molar-refractivity contribution in [2.24, 2.45) is 0 Å². The fourth-order valence-corrected chi connectivity index (χ4v) is 3.65. The predicted molar refractivity (Wildman–Crippen MR) is 105 cm³/mol. The van der Waals surface area contributed by atoms with Gasteiger partial charge in [-0.2, -0.15) is 5.10 Å².